The van der Waals surface area contributed by atoms with E-state index in [0.717, 1.165) is 11.1 Å². The van der Waals surface area contributed by atoms with Gasteiger partial charge in [0, 0.05) is 10.6 Å². The maximum Gasteiger partial charge on any atom is 0.276 e. The molecule has 0 saturated carbocycles. The monoisotopic (exact) mass is 439 g/mol. The van der Waals surface area contributed by atoms with Crippen molar-refractivity contribution in [1.29, 1.82) is 0 Å². The molecule has 0 aromatic heterocycles. The molecule has 3 N–H and O–H groups in total. The van der Waals surface area contributed by atoms with Gasteiger partial charge in [0.1, 0.15) is 5.75 Å². The third-order valence-electron chi connectivity index (χ3n) is 3.96. The second-order valence-electron chi connectivity index (χ2n) is 6.15. The minimum absolute atomic E-state index is 0.0551. The fourth-order valence-corrected chi connectivity index (χ4v) is 2.86. The molecule has 0 aliphatic carbocycles. The van der Waals surface area contributed by atoms with Gasteiger partial charge in [-0.05, 0) is 53.7 Å². The number of hydrogen-bond acceptors (Lipinski definition) is 4. The van der Waals surface area contributed by atoms with Crippen molar-refractivity contribution >= 4 is 40.7 Å². The smallest absolute Gasteiger partial charge is 0.276 e. The van der Waals surface area contributed by atoms with E-state index in [9.17, 15) is 9.59 Å². The summed E-state index contributed by atoms with van der Waals surface area (Å²) in [4.78, 5) is 24.0. The van der Waals surface area contributed by atoms with Crippen molar-refractivity contribution in [1.82, 2.24) is 16.2 Å². The van der Waals surface area contributed by atoms with Gasteiger partial charge >= 0.3 is 0 Å². The van der Waals surface area contributed by atoms with Crippen LogP contribution in [0.15, 0.2) is 78.9 Å². The van der Waals surface area contributed by atoms with Crippen molar-refractivity contribution in [2.45, 2.75) is 0 Å². The van der Waals surface area contributed by atoms with Crippen LogP contribution in [0.4, 0.5) is 0 Å². The van der Waals surface area contributed by atoms with Gasteiger partial charge in [0.15, 0.2) is 11.7 Å². The SMILES string of the molecule is O=C(COc1ccc(-c2ccccc2)cc1)NNC(=S)NC(=O)c1cccc(Cl)c1. The second-order valence-corrected chi connectivity index (χ2v) is 6.99. The number of rotatable bonds is 5. The van der Waals surface area contributed by atoms with Crippen LogP contribution in [0.25, 0.3) is 11.1 Å². The fourth-order valence-electron chi connectivity index (χ4n) is 2.52. The summed E-state index contributed by atoms with van der Waals surface area (Å²) in [5, 5.41) is 2.82. The number of halogens is 1. The normalized spacial score (nSPS) is 10.0. The summed E-state index contributed by atoms with van der Waals surface area (Å²) in [7, 11) is 0. The van der Waals surface area contributed by atoms with E-state index in [1.165, 1.54) is 6.07 Å². The summed E-state index contributed by atoms with van der Waals surface area (Å²) in [6, 6.07) is 23.8. The molecule has 0 fully saturated rings. The molecule has 0 saturated heterocycles. The largest absolute Gasteiger partial charge is 0.484 e. The van der Waals surface area contributed by atoms with Gasteiger partial charge in [0.25, 0.3) is 11.8 Å². The standard InChI is InChI=1S/C22H18ClN3O3S/c23-18-8-4-7-17(13-18)21(28)24-22(30)26-25-20(27)14-29-19-11-9-16(10-12-19)15-5-2-1-3-6-15/h1-13H,14H2,(H,25,27)(H2,24,26,28,30). The van der Waals surface area contributed by atoms with E-state index in [2.05, 4.69) is 16.2 Å². The molecule has 30 heavy (non-hydrogen) atoms. The maximum atomic E-state index is 12.1. The van der Waals surface area contributed by atoms with Crippen molar-refractivity contribution in [2.24, 2.45) is 0 Å². The lowest BCUT2D eigenvalue weighted by Gasteiger charge is -2.12. The Morgan fingerprint density at radius 2 is 1.57 bits per heavy atom. The predicted molar refractivity (Wildman–Crippen MR) is 120 cm³/mol. The van der Waals surface area contributed by atoms with Gasteiger partial charge in [-0.15, -0.1) is 0 Å². The van der Waals surface area contributed by atoms with E-state index in [1.807, 2.05) is 42.5 Å². The molecule has 0 heterocycles. The Bertz CT molecular complexity index is 1040. The Hall–Kier alpha value is -3.42. The Labute approximate surface area is 184 Å². The van der Waals surface area contributed by atoms with E-state index in [-0.39, 0.29) is 11.7 Å². The quantitative estimate of drug-likeness (QED) is 0.417. The Kier molecular flexibility index (Phi) is 7.37. The van der Waals surface area contributed by atoms with Crippen LogP contribution >= 0.6 is 23.8 Å². The highest BCUT2D eigenvalue weighted by Gasteiger charge is 2.09. The van der Waals surface area contributed by atoms with Crippen molar-refractivity contribution in [3.05, 3.63) is 89.4 Å². The van der Waals surface area contributed by atoms with E-state index in [0.29, 0.717) is 16.3 Å². The molecule has 0 atom stereocenters. The van der Waals surface area contributed by atoms with Gasteiger partial charge < -0.3 is 4.74 Å². The minimum atomic E-state index is -0.457. The highest BCUT2D eigenvalue weighted by Crippen LogP contribution is 2.21. The summed E-state index contributed by atoms with van der Waals surface area (Å²) < 4.78 is 5.46. The lowest BCUT2D eigenvalue weighted by molar-refractivity contribution is -0.123. The van der Waals surface area contributed by atoms with Crippen molar-refractivity contribution in [3.63, 3.8) is 0 Å². The molecule has 0 aliphatic rings. The van der Waals surface area contributed by atoms with Crippen molar-refractivity contribution in [2.75, 3.05) is 6.61 Å². The highest BCUT2D eigenvalue weighted by molar-refractivity contribution is 7.80. The molecule has 152 valence electrons. The first kappa shape index (κ1) is 21.3. The summed E-state index contributed by atoms with van der Waals surface area (Å²) >= 11 is 10.8. The van der Waals surface area contributed by atoms with Crippen LogP contribution in [0.2, 0.25) is 5.02 Å². The summed E-state index contributed by atoms with van der Waals surface area (Å²) in [5.41, 5.74) is 7.31. The van der Waals surface area contributed by atoms with Gasteiger partial charge in [-0.2, -0.15) is 0 Å². The Morgan fingerprint density at radius 1 is 0.867 bits per heavy atom. The third-order valence-corrected chi connectivity index (χ3v) is 4.40. The van der Waals surface area contributed by atoms with Crippen LogP contribution in [0.3, 0.4) is 0 Å². The molecule has 0 radical (unpaired) electrons. The molecule has 2 amide bonds. The predicted octanol–water partition coefficient (Wildman–Crippen LogP) is 3.72. The number of hydrogen-bond donors (Lipinski definition) is 3. The lowest BCUT2D eigenvalue weighted by Crippen LogP contribution is -2.49. The number of carbonyl (C=O) groups excluding carboxylic acids is 2. The zero-order chi connectivity index (χ0) is 21.3. The van der Waals surface area contributed by atoms with Gasteiger partial charge in [-0.25, -0.2) is 0 Å². The zero-order valence-corrected chi connectivity index (χ0v) is 17.3. The summed E-state index contributed by atoms with van der Waals surface area (Å²) in [5.74, 6) is -0.345. The number of ether oxygens (including phenoxy) is 1. The molecule has 3 aromatic rings. The van der Waals surface area contributed by atoms with Gasteiger partial charge in [0.05, 0.1) is 0 Å². The average Bonchev–Trinajstić information content (AvgIpc) is 2.77. The first-order valence-electron chi connectivity index (χ1n) is 8.95. The van der Waals surface area contributed by atoms with Crippen LogP contribution in [-0.4, -0.2) is 23.5 Å². The van der Waals surface area contributed by atoms with E-state index >= 15 is 0 Å². The molecule has 8 heteroatoms. The average molecular weight is 440 g/mol. The molecule has 0 aliphatic heterocycles. The molecule has 6 nitrogen and oxygen atoms in total. The molecule has 0 unspecified atom stereocenters. The number of hydrazine groups is 1. The molecular weight excluding hydrogens is 422 g/mol. The lowest BCUT2D eigenvalue weighted by atomic mass is 10.1. The van der Waals surface area contributed by atoms with Crippen LogP contribution in [0.5, 0.6) is 5.75 Å². The first-order chi connectivity index (χ1) is 14.5. The molecule has 3 aromatic carbocycles. The topological polar surface area (TPSA) is 79.5 Å². The number of amides is 2. The Balaban J connectivity index is 1.41. The van der Waals surface area contributed by atoms with Crippen LogP contribution in [0.1, 0.15) is 10.4 Å². The highest BCUT2D eigenvalue weighted by atomic mass is 35.5. The Morgan fingerprint density at radius 3 is 2.27 bits per heavy atom. The fraction of sp³-hybridized carbons (Fsp3) is 0.0455. The number of thiocarbonyl (C=S) groups is 1. The van der Waals surface area contributed by atoms with Crippen LogP contribution in [-0.2, 0) is 4.79 Å². The molecule has 3 rings (SSSR count). The molecule has 0 spiro atoms. The number of carbonyl (C=O) groups is 2. The van der Waals surface area contributed by atoms with Crippen molar-refractivity contribution < 1.29 is 14.3 Å². The summed E-state index contributed by atoms with van der Waals surface area (Å²) in [6.45, 7) is -0.220. The third kappa shape index (κ3) is 6.30. The zero-order valence-electron chi connectivity index (χ0n) is 15.7. The van der Waals surface area contributed by atoms with Gasteiger partial charge in [0.2, 0.25) is 0 Å². The van der Waals surface area contributed by atoms with Gasteiger partial charge in [-0.1, -0.05) is 60.1 Å². The molecule has 0 bridgehead atoms. The number of nitrogens with one attached hydrogen (secondary N) is 3. The van der Waals surface area contributed by atoms with Crippen LogP contribution in [0, 0.1) is 0 Å². The molecular formula is C22H18ClN3O3S. The van der Waals surface area contributed by atoms with Crippen molar-refractivity contribution in [3.8, 4) is 16.9 Å². The van der Waals surface area contributed by atoms with Gasteiger partial charge in [-0.3, -0.25) is 25.8 Å². The minimum Gasteiger partial charge on any atom is -0.484 e. The second kappa shape index (κ2) is 10.4. The van der Waals surface area contributed by atoms with E-state index in [4.69, 9.17) is 28.6 Å². The van der Waals surface area contributed by atoms with Crippen LogP contribution < -0.4 is 20.9 Å². The maximum absolute atomic E-state index is 12.1. The first-order valence-corrected chi connectivity index (χ1v) is 9.74. The van der Waals surface area contributed by atoms with E-state index in [1.54, 1.807) is 30.3 Å². The van der Waals surface area contributed by atoms with E-state index < -0.39 is 11.8 Å². The number of benzene rings is 3. The summed E-state index contributed by atoms with van der Waals surface area (Å²) in [6.07, 6.45) is 0.